The molecule has 2 heterocycles. The van der Waals surface area contributed by atoms with Crippen molar-refractivity contribution in [2.24, 2.45) is 5.92 Å². The van der Waals surface area contributed by atoms with Crippen molar-refractivity contribution in [2.45, 2.75) is 19.5 Å². The maximum Gasteiger partial charge on any atom is 0.387 e. The zero-order valence-corrected chi connectivity index (χ0v) is 11.2. The van der Waals surface area contributed by atoms with E-state index in [0.717, 1.165) is 11.3 Å². The molecule has 0 aliphatic carbocycles. The molecule has 0 saturated carbocycles. The van der Waals surface area contributed by atoms with Gasteiger partial charge in [-0.1, -0.05) is 0 Å². The number of hydrogen-bond acceptors (Lipinski definition) is 4. The quantitative estimate of drug-likeness (QED) is 0.927. The molecule has 1 aromatic heterocycles. The molecule has 0 atom stereocenters. The molecule has 0 bridgehead atoms. The van der Waals surface area contributed by atoms with Crippen LogP contribution in [0.1, 0.15) is 22.5 Å². The van der Waals surface area contributed by atoms with Crippen molar-refractivity contribution in [1.29, 1.82) is 0 Å². The number of carboxylic acid groups (broad SMARTS) is 1. The Labute approximate surface area is 117 Å². The smallest absolute Gasteiger partial charge is 0.387 e. The summed E-state index contributed by atoms with van der Waals surface area (Å²) in [6, 6.07) is 1.33. The minimum atomic E-state index is -2.98. The predicted octanol–water partition coefficient (Wildman–Crippen LogP) is 2.29. The van der Waals surface area contributed by atoms with Gasteiger partial charge in [0.05, 0.1) is 5.92 Å². The molecule has 2 rings (SSSR count). The van der Waals surface area contributed by atoms with Crippen molar-refractivity contribution >= 4 is 23.2 Å². The summed E-state index contributed by atoms with van der Waals surface area (Å²) in [5, 5.41) is 10.4. The van der Waals surface area contributed by atoms with Gasteiger partial charge in [-0.15, -0.1) is 11.3 Å². The maximum atomic E-state index is 12.2. The van der Waals surface area contributed by atoms with Gasteiger partial charge in [-0.2, -0.15) is 8.78 Å². The second-order valence-corrected chi connectivity index (χ2v) is 5.31. The van der Waals surface area contributed by atoms with Crippen LogP contribution in [0.15, 0.2) is 11.4 Å². The molecule has 1 N–H and O–H groups in total. The third-order valence-corrected chi connectivity index (χ3v) is 4.05. The molecule has 110 valence electrons. The van der Waals surface area contributed by atoms with E-state index in [-0.39, 0.29) is 16.5 Å². The molecule has 0 spiro atoms. The SMILES string of the molecule is O=C(O)C1CCN(C(=O)c2sccc2OC(F)F)CC1. The number of nitrogens with zero attached hydrogens (tertiary/aromatic N) is 1. The number of ether oxygens (including phenoxy) is 1. The van der Waals surface area contributed by atoms with E-state index in [4.69, 9.17) is 5.11 Å². The lowest BCUT2D eigenvalue weighted by Gasteiger charge is -2.29. The van der Waals surface area contributed by atoms with Crippen molar-refractivity contribution in [3.8, 4) is 5.75 Å². The predicted molar refractivity (Wildman–Crippen MR) is 67.2 cm³/mol. The van der Waals surface area contributed by atoms with E-state index in [9.17, 15) is 18.4 Å². The molecule has 1 aromatic rings. The molecular formula is C12H13F2NO4S. The van der Waals surface area contributed by atoms with Crippen LogP contribution in [0.5, 0.6) is 5.75 Å². The van der Waals surface area contributed by atoms with Gasteiger partial charge in [0.2, 0.25) is 0 Å². The lowest BCUT2D eigenvalue weighted by molar-refractivity contribution is -0.143. The van der Waals surface area contributed by atoms with E-state index in [1.54, 1.807) is 0 Å². The number of rotatable bonds is 4. The molecule has 1 aliphatic heterocycles. The molecule has 8 heteroatoms. The highest BCUT2D eigenvalue weighted by Gasteiger charge is 2.29. The van der Waals surface area contributed by atoms with Gasteiger partial charge < -0.3 is 14.7 Å². The van der Waals surface area contributed by atoms with E-state index in [1.165, 1.54) is 16.3 Å². The summed E-state index contributed by atoms with van der Waals surface area (Å²) < 4.78 is 28.7. The van der Waals surface area contributed by atoms with Crippen LogP contribution in [-0.4, -0.2) is 41.6 Å². The van der Waals surface area contributed by atoms with Gasteiger partial charge in [0, 0.05) is 13.1 Å². The molecule has 1 fully saturated rings. The van der Waals surface area contributed by atoms with E-state index in [1.807, 2.05) is 0 Å². The number of carbonyl (C=O) groups excluding carboxylic acids is 1. The zero-order chi connectivity index (χ0) is 14.7. The highest BCUT2D eigenvalue weighted by Crippen LogP contribution is 2.29. The first kappa shape index (κ1) is 14.7. The fraction of sp³-hybridized carbons (Fsp3) is 0.500. The van der Waals surface area contributed by atoms with Gasteiger partial charge in [-0.05, 0) is 24.3 Å². The maximum absolute atomic E-state index is 12.2. The summed E-state index contributed by atoms with van der Waals surface area (Å²) in [5.41, 5.74) is 0. The first-order valence-electron chi connectivity index (χ1n) is 6.03. The van der Waals surface area contributed by atoms with E-state index in [0.29, 0.717) is 25.9 Å². The number of amides is 1. The van der Waals surface area contributed by atoms with Crippen LogP contribution in [0.25, 0.3) is 0 Å². The number of likely N-dealkylation sites (tertiary alicyclic amines) is 1. The third kappa shape index (κ3) is 3.24. The Morgan fingerprint density at radius 2 is 2.05 bits per heavy atom. The molecule has 0 aromatic carbocycles. The largest absolute Gasteiger partial charge is 0.481 e. The Kier molecular flexibility index (Phi) is 4.53. The Morgan fingerprint density at radius 3 is 2.60 bits per heavy atom. The fourth-order valence-electron chi connectivity index (χ4n) is 2.12. The van der Waals surface area contributed by atoms with Crippen molar-refractivity contribution in [1.82, 2.24) is 4.90 Å². The summed E-state index contributed by atoms with van der Waals surface area (Å²) in [7, 11) is 0. The van der Waals surface area contributed by atoms with Crippen LogP contribution < -0.4 is 4.74 Å². The molecular weight excluding hydrogens is 292 g/mol. The summed E-state index contributed by atoms with van der Waals surface area (Å²) in [4.78, 5) is 24.6. The summed E-state index contributed by atoms with van der Waals surface area (Å²) in [6.07, 6.45) is 0.745. The van der Waals surface area contributed by atoms with Gasteiger partial charge in [-0.3, -0.25) is 9.59 Å². The van der Waals surface area contributed by atoms with Crippen molar-refractivity contribution in [2.75, 3.05) is 13.1 Å². The standard InChI is InChI=1S/C12H13F2NO4S/c13-12(14)19-8-3-6-20-9(8)10(16)15-4-1-7(2-5-15)11(17)18/h3,6-7,12H,1-2,4-5H2,(H,17,18). The molecule has 20 heavy (non-hydrogen) atoms. The van der Waals surface area contributed by atoms with Gasteiger partial charge in [0.1, 0.15) is 10.6 Å². The van der Waals surface area contributed by atoms with Crippen LogP contribution >= 0.6 is 11.3 Å². The van der Waals surface area contributed by atoms with Crippen molar-refractivity contribution < 1.29 is 28.2 Å². The molecule has 1 saturated heterocycles. The number of hydrogen-bond donors (Lipinski definition) is 1. The Hall–Kier alpha value is -1.70. The third-order valence-electron chi connectivity index (χ3n) is 3.17. The number of halogens is 2. The van der Waals surface area contributed by atoms with Crippen LogP contribution in [0.4, 0.5) is 8.78 Å². The van der Waals surface area contributed by atoms with Crippen LogP contribution in [0.3, 0.4) is 0 Å². The normalized spacial score (nSPS) is 16.4. The highest BCUT2D eigenvalue weighted by molar-refractivity contribution is 7.12. The lowest BCUT2D eigenvalue weighted by atomic mass is 9.97. The Balaban J connectivity index is 2.02. The van der Waals surface area contributed by atoms with Crippen molar-refractivity contribution in [3.05, 3.63) is 16.3 Å². The molecule has 1 amide bonds. The number of piperidine rings is 1. The summed E-state index contributed by atoms with van der Waals surface area (Å²) >= 11 is 1.03. The minimum Gasteiger partial charge on any atom is -0.481 e. The molecule has 0 radical (unpaired) electrons. The average molecular weight is 305 g/mol. The second kappa shape index (κ2) is 6.17. The number of aliphatic carboxylic acids is 1. The van der Waals surface area contributed by atoms with E-state index < -0.39 is 18.5 Å². The number of carbonyl (C=O) groups is 2. The van der Waals surface area contributed by atoms with Crippen LogP contribution in [0, 0.1) is 5.92 Å². The van der Waals surface area contributed by atoms with Crippen LogP contribution in [0.2, 0.25) is 0 Å². The monoisotopic (exact) mass is 305 g/mol. The highest BCUT2D eigenvalue weighted by atomic mass is 32.1. The number of alkyl halides is 2. The van der Waals surface area contributed by atoms with Gasteiger partial charge in [0.15, 0.2) is 0 Å². The fourth-order valence-corrected chi connectivity index (χ4v) is 2.91. The first-order valence-corrected chi connectivity index (χ1v) is 6.91. The van der Waals surface area contributed by atoms with Gasteiger partial charge >= 0.3 is 12.6 Å². The Morgan fingerprint density at radius 1 is 1.40 bits per heavy atom. The summed E-state index contributed by atoms with van der Waals surface area (Å²) in [6.45, 7) is -2.36. The minimum absolute atomic E-state index is 0.124. The number of thiophene rings is 1. The second-order valence-electron chi connectivity index (χ2n) is 4.40. The number of carboxylic acids is 1. The first-order chi connectivity index (χ1) is 9.49. The summed E-state index contributed by atoms with van der Waals surface area (Å²) in [5.74, 6) is -1.83. The Bertz CT molecular complexity index is 497. The van der Waals surface area contributed by atoms with Crippen LogP contribution in [-0.2, 0) is 4.79 Å². The van der Waals surface area contributed by atoms with E-state index >= 15 is 0 Å². The van der Waals surface area contributed by atoms with Crippen molar-refractivity contribution in [3.63, 3.8) is 0 Å². The average Bonchev–Trinajstić information content (AvgIpc) is 2.85. The topological polar surface area (TPSA) is 66.8 Å². The molecule has 1 aliphatic rings. The lowest BCUT2D eigenvalue weighted by Crippen LogP contribution is -2.40. The van der Waals surface area contributed by atoms with Gasteiger partial charge in [0.25, 0.3) is 5.91 Å². The molecule has 0 unspecified atom stereocenters. The molecule has 5 nitrogen and oxygen atoms in total. The zero-order valence-electron chi connectivity index (χ0n) is 10.4. The van der Waals surface area contributed by atoms with E-state index in [2.05, 4.69) is 4.74 Å². The van der Waals surface area contributed by atoms with Gasteiger partial charge in [-0.25, -0.2) is 0 Å².